The van der Waals surface area contributed by atoms with Crippen LogP contribution >= 0.6 is 0 Å². The lowest BCUT2D eigenvalue weighted by Crippen LogP contribution is -2.44. The zero-order valence-electron chi connectivity index (χ0n) is 8.09. The van der Waals surface area contributed by atoms with Crippen LogP contribution in [-0.2, 0) is 4.79 Å². The smallest absolute Gasteiger partial charge is 0.220 e. The van der Waals surface area contributed by atoms with Gasteiger partial charge in [0.15, 0.2) is 0 Å². The van der Waals surface area contributed by atoms with E-state index in [1.807, 2.05) is 21.0 Å². The van der Waals surface area contributed by atoms with E-state index in [1.165, 1.54) is 0 Å². The monoisotopic (exact) mass is 158 g/mol. The zero-order valence-corrected chi connectivity index (χ0v) is 8.09. The minimum atomic E-state index is 0.109. The van der Waals surface area contributed by atoms with E-state index in [0.717, 1.165) is 6.54 Å². The average molecular weight is 158 g/mol. The molecule has 1 amide bonds. The van der Waals surface area contributed by atoms with Crippen LogP contribution in [0.25, 0.3) is 0 Å². The summed E-state index contributed by atoms with van der Waals surface area (Å²) in [7, 11) is 3.82. The van der Waals surface area contributed by atoms with Gasteiger partial charge >= 0.3 is 0 Å². The predicted octanol–water partition coefficient (Wildman–Crippen LogP) is 0.762. The Morgan fingerprint density at radius 3 is 2.18 bits per heavy atom. The van der Waals surface area contributed by atoms with Crippen LogP contribution in [0.2, 0.25) is 0 Å². The lowest BCUT2D eigenvalue weighted by Gasteiger charge is -2.31. The van der Waals surface area contributed by atoms with E-state index in [9.17, 15) is 4.79 Å². The van der Waals surface area contributed by atoms with Gasteiger partial charge in [0.2, 0.25) is 5.91 Å². The zero-order chi connectivity index (χ0) is 9.02. The molecule has 0 fully saturated rings. The van der Waals surface area contributed by atoms with Crippen LogP contribution in [0.1, 0.15) is 20.8 Å². The summed E-state index contributed by atoms with van der Waals surface area (Å²) in [5.41, 5.74) is 0. The Labute approximate surface area is 69.0 Å². The van der Waals surface area contributed by atoms with E-state index in [1.54, 1.807) is 11.8 Å². The van der Waals surface area contributed by atoms with Crippen molar-refractivity contribution in [2.45, 2.75) is 26.9 Å². The van der Waals surface area contributed by atoms with Crippen molar-refractivity contribution in [2.75, 3.05) is 20.6 Å². The van der Waals surface area contributed by atoms with Gasteiger partial charge in [-0.05, 0) is 20.5 Å². The Hall–Kier alpha value is -0.570. The SMILES string of the molecule is CCN(C)C(C)N(C)C(C)=O. The number of amides is 1. The molecule has 0 saturated heterocycles. The van der Waals surface area contributed by atoms with Crippen LogP contribution in [0.4, 0.5) is 0 Å². The summed E-state index contributed by atoms with van der Waals surface area (Å²) >= 11 is 0. The van der Waals surface area contributed by atoms with Gasteiger partial charge in [0, 0.05) is 14.0 Å². The molecule has 0 spiro atoms. The highest BCUT2D eigenvalue weighted by atomic mass is 16.2. The maximum Gasteiger partial charge on any atom is 0.220 e. The number of nitrogens with zero attached hydrogens (tertiary/aromatic N) is 2. The van der Waals surface area contributed by atoms with Crippen LogP contribution in [0.15, 0.2) is 0 Å². The van der Waals surface area contributed by atoms with E-state index in [4.69, 9.17) is 0 Å². The van der Waals surface area contributed by atoms with Gasteiger partial charge in [-0.2, -0.15) is 0 Å². The Morgan fingerprint density at radius 2 is 1.91 bits per heavy atom. The maximum atomic E-state index is 10.9. The summed E-state index contributed by atoms with van der Waals surface area (Å²) in [5.74, 6) is 0.109. The van der Waals surface area contributed by atoms with E-state index in [2.05, 4.69) is 11.8 Å². The second kappa shape index (κ2) is 4.34. The maximum absolute atomic E-state index is 10.9. The third-order valence-electron chi connectivity index (χ3n) is 2.19. The molecule has 11 heavy (non-hydrogen) atoms. The van der Waals surface area contributed by atoms with Gasteiger partial charge in [0.25, 0.3) is 0 Å². The molecule has 3 heteroatoms. The summed E-state index contributed by atoms with van der Waals surface area (Å²) in [5, 5.41) is 0. The quantitative estimate of drug-likeness (QED) is 0.566. The largest absolute Gasteiger partial charge is 0.331 e. The van der Waals surface area contributed by atoms with E-state index in [0.29, 0.717) is 0 Å². The second-order valence-corrected chi connectivity index (χ2v) is 2.84. The number of carbonyl (C=O) groups excluding carboxylic acids is 1. The lowest BCUT2D eigenvalue weighted by atomic mass is 10.4. The standard InChI is InChI=1S/C8H18N2O/c1-6-9(4)7(2)10(5)8(3)11/h7H,6H2,1-5H3. The first kappa shape index (κ1) is 10.4. The van der Waals surface area contributed by atoms with Crippen molar-refractivity contribution in [1.29, 1.82) is 0 Å². The van der Waals surface area contributed by atoms with E-state index < -0.39 is 0 Å². The summed E-state index contributed by atoms with van der Waals surface area (Å²) in [6, 6.07) is 0. The fourth-order valence-electron chi connectivity index (χ4n) is 0.823. The number of carbonyl (C=O) groups is 1. The molecule has 66 valence electrons. The van der Waals surface area contributed by atoms with Gasteiger partial charge in [0.05, 0.1) is 6.17 Å². The number of hydrogen-bond acceptors (Lipinski definition) is 2. The van der Waals surface area contributed by atoms with Gasteiger partial charge in [0.1, 0.15) is 0 Å². The van der Waals surface area contributed by atoms with Crippen molar-refractivity contribution in [3.8, 4) is 0 Å². The molecule has 0 rings (SSSR count). The molecule has 1 atom stereocenters. The molecule has 0 aromatic heterocycles. The fraction of sp³-hybridized carbons (Fsp3) is 0.875. The van der Waals surface area contributed by atoms with Crippen LogP contribution in [0.5, 0.6) is 0 Å². The van der Waals surface area contributed by atoms with Crippen molar-refractivity contribution in [3.63, 3.8) is 0 Å². The fourth-order valence-corrected chi connectivity index (χ4v) is 0.823. The van der Waals surface area contributed by atoms with Gasteiger partial charge in [-0.1, -0.05) is 6.92 Å². The van der Waals surface area contributed by atoms with Gasteiger partial charge in [-0.15, -0.1) is 0 Å². The number of hydrogen-bond donors (Lipinski definition) is 0. The normalized spacial score (nSPS) is 13.3. The van der Waals surface area contributed by atoms with Crippen molar-refractivity contribution in [2.24, 2.45) is 0 Å². The number of rotatable bonds is 3. The van der Waals surface area contributed by atoms with E-state index in [-0.39, 0.29) is 12.1 Å². The summed E-state index contributed by atoms with van der Waals surface area (Å²) in [4.78, 5) is 14.7. The molecule has 0 saturated carbocycles. The van der Waals surface area contributed by atoms with Crippen LogP contribution in [0.3, 0.4) is 0 Å². The van der Waals surface area contributed by atoms with Crippen LogP contribution < -0.4 is 0 Å². The first-order valence-electron chi connectivity index (χ1n) is 3.94. The average Bonchev–Trinajstić information content (AvgIpc) is 2.00. The molecule has 0 aromatic carbocycles. The molecule has 3 nitrogen and oxygen atoms in total. The topological polar surface area (TPSA) is 23.6 Å². The molecule has 1 unspecified atom stereocenters. The minimum absolute atomic E-state index is 0.109. The molecule has 0 aromatic rings. The van der Waals surface area contributed by atoms with Gasteiger partial charge < -0.3 is 4.90 Å². The molecule has 0 aliphatic rings. The first-order chi connectivity index (χ1) is 5.00. The molecule has 0 radical (unpaired) electrons. The Balaban J connectivity index is 4.00. The highest BCUT2D eigenvalue weighted by Gasteiger charge is 2.14. The predicted molar refractivity (Wildman–Crippen MR) is 46.2 cm³/mol. The lowest BCUT2D eigenvalue weighted by molar-refractivity contribution is -0.132. The minimum Gasteiger partial charge on any atom is -0.331 e. The van der Waals surface area contributed by atoms with Crippen LogP contribution in [0, 0.1) is 0 Å². The van der Waals surface area contributed by atoms with Crippen molar-refractivity contribution in [3.05, 3.63) is 0 Å². The molecule has 0 aliphatic heterocycles. The highest BCUT2D eigenvalue weighted by molar-refractivity contribution is 5.73. The second-order valence-electron chi connectivity index (χ2n) is 2.84. The van der Waals surface area contributed by atoms with Crippen molar-refractivity contribution in [1.82, 2.24) is 9.80 Å². The molecule has 0 heterocycles. The van der Waals surface area contributed by atoms with Crippen LogP contribution in [-0.4, -0.2) is 42.5 Å². The van der Waals surface area contributed by atoms with Gasteiger partial charge in [-0.3, -0.25) is 9.69 Å². The molecular formula is C8H18N2O. The highest BCUT2D eigenvalue weighted by Crippen LogP contribution is 1.99. The Kier molecular flexibility index (Phi) is 4.11. The Bertz CT molecular complexity index is 136. The summed E-state index contributed by atoms with van der Waals surface area (Å²) < 4.78 is 0. The third-order valence-corrected chi connectivity index (χ3v) is 2.19. The van der Waals surface area contributed by atoms with E-state index >= 15 is 0 Å². The molecule has 0 N–H and O–H groups in total. The molecule has 0 aliphatic carbocycles. The molecular weight excluding hydrogens is 140 g/mol. The first-order valence-corrected chi connectivity index (χ1v) is 3.94. The van der Waals surface area contributed by atoms with Crippen molar-refractivity contribution >= 4 is 5.91 Å². The third kappa shape index (κ3) is 2.89. The molecule has 0 bridgehead atoms. The summed E-state index contributed by atoms with van der Waals surface area (Å²) in [6.45, 7) is 6.63. The van der Waals surface area contributed by atoms with Crippen molar-refractivity contribution < 1.29 is 4.79 Å². The van der Waals surface area contributed by atoms with Gasteiger partial charge in [-0.25, -0.2) is 0 Å². The summed E-state index contributed by atoms with van der Waals surface area (Å²) in [6.07, 6.45) is 0.192. The Morgan fingerprint density at radius 1 is 1.45 bits per heavy atom.